The molecule has 2 aromatic carbocycles. The van der Waals surface area contributed by atoms with Crippen molar-refractivity contribution in [3.05, 3.63) is 70.0 Å². The minimum absolute atomic E-state index is 0.180. The van der Waals surface area contributed by atoms with Crippen LogP contribution in [0.15, 0.2) is 36.4 Å². The molecule has 0 saturated heterocycles. The standard InChI is InChI=1S/C17H21FN2/c1-11-7-8-12(2)14(9-11)10-16(20-19)15-6-4-5-13(3)17(15)18/h4-9,16,20H,10,19H2,1-3H3. The number of nitrogens with one attached hydrogen (secondary N) is 1. The van der Waals surface area contributed by atoms with E-state index >= 15 is 0 Å². The van der Waals surface area contributed by atoms with Crippen LogP contribution in [0.3, 0.4) is 0 Å². The van der Waals surface area contributed by atoms with Gasteiger partial charge in [0.05, 0.1) is 6.04 Å². The Balaban J connectivity index is 2.34. The van der Waals surface area contributed by atoms with Gasteiger partial charge < -0.3 is 0 Å². The van der Waals surface area contributed by atoms with E-state index in [9.17, 15) is 4.39 Å². The molecule has 0 aliphatic carbocycles. The fourth-order valence-electron chi connectivity index (χ4n) is 2.44. The fraction of sp³-hybridized carbons (Fsp3) is 0.294. The van der Waals surface area contributed by atoms with Crippen molar-refractivity contribution in [3.8, 4) is 0 Å². The van der Waals surface area contributed by atoms with Crippen molar-refractivity contribution in [2.24, 2.45) is 5.84 Å². The Hall–Kier alpha value is -1.71. The van der Waals surface area contributed by atoms with Crippen LogP contribution in [0, 0.1) is 26.6 Å². The highest BCUT2D eigenvalue weighted by Gasteiger charge is 2.17. The number of hydrazine groups is 1. The molecule has 0 radical (unpaired) electrons. The molecule has 0 aliphatic heterocycles. The van der Waals surface area contributed by atoms with Crippen LogP contribution >= 0.6 is 0 Å². The third kappa shape index (κ3) is 3.06. The molecule has 0 saturated carbocycles. The molecule has 106 valence electrons. The maximum Gasteiger partial charge on any atom is 0.130 e. The third-order valence-electron chi connectivity index (χ3n) is 3.73. The smallest absolute Gasteiger partial charge is 0.130 e. The minimum Gasteiger partial charge on any atom is -0.271 e. The van der Waals surface area contributed by atoms with Gasteiger partial charge in [-0.25, -0.2) is 4.39 Å². The summed E-state index contributed by atoms with van der Waals surface area (Å²) in [6, 6.07) is 11.5. The average molecular weight is 272 g/mol. The van der Waals surface area contributed by atoms with Gasteiger partial charge in [-0.3, -0.25) is 11.3 Å². The summed E-state index contributed by atoms with van der Waals surface area (Å²) >= 11 is 0. The Morgan fingerprint density at radius 1 is 1.10 bits per heavy atom. The number of benzene rings is 2. The van der Waals surface area contributed by atoms with Gasteiger partial charge in [-0.15, -0.1) is 0 Å². The van der Waals surface area contributed by atoms with Crippen molar-refractivity contribution in [1.29, 1.82) is 0 Å². The van der Waals surface area contributed by atoms with Crippen molar-refractivity contribution in [2.45, 2.75) is 33.2 Å². The van der Waals surface area contributed by atoms with E-state index < -0.39 is 0 Å². The first-order valence-corrected chi connectivity index (χ1v) is 6.80. The Morgan fingerprint density at radius 3 is 2.55 bits per heavy atom. The van der Waals surface area contributed by atoms with E-state index in [0.717, 1.165) is 0 Å². The molecule has 2 aromatic rings. The molecule has 3 heteroatoms. The van der Waals surface area contributed by atoms with Gasteiger partial charge in [0.25, 0.3) is 0 Å². The molecule has 3 N–H and O–H groups in total. The van der Waals surface area contributed by atoms with Gasteiger partial charge in [-0.2, -0.15) is 0 Å². The zero-order valence-electron chi connectivity index (χ0n) is 12.2. The largest absolute Gasteiger partial charge is 0.271 e. The molecule has 0 aromatic heterocycles. The first-order chi connectivity index (χ1) is 9.52. The number of hydrogen-bond donors (Lipinski definition) is 2. The van der Waals surface area contributed by atoms with Crippen LogP contribution in [0.5, 0.6) is 0 Å². The highest BCUT2D eigenvalue weighted by molar-refractivity contribution is 5.34. The molecule has 0 amide bonds. The van der Waals surface area contributed by atoms with Crippen molar-refractivity contribution >= 4 is 0 Å². The van der Waals surface area contributed by atoms with Gasteiger partial charge in [0.15, 0.2) is 0 Å². The molecule has 1 atom stereocenters. The maximum absolute atomic E-state index is 14.2. The topological polar surface area (TPSA) is 38.0 Å². The summed E-state index contributed by atoms with van der Waals surface area (Å²) in [6.45, 7) is 5.89. The third-order valence-corrected chi connectivity index (χ3v) is 3.73. The van der Waals surface area contributed by atoms with Gasteiger partial charge >= 0.3 is 0 Å². The van der Waals surface area contributed by atoms with Crippen LogP contribution in [0.2, 0.25) is 0 Å². The van der Waals surface area contributed by atoms with E-state index in [-0.39, 0.29) is 11.9 Å². The predicted octanol–water partition coefficient (Wildman–Crippen LogP) is 3.50. The summed E-state index contributed by atoms with van der Waals surface area (Å²) in [7, 11) is 0. The Labute approximate surface area is 119 Å². The van der Waals surface area contributed by atoms with E-state index in [4.69, 9.17) is 5.84 Å². The normalized spacial score (nSPS) is 12.4. The Morgan fingerprint density at radius 2 is 1.85 bits per heavy atom. The van der Waals surface area contributed by atoms with Gasteiger partial charge in [0.1, 0.15) is 5.82 Å². The van der Waals surface area contributed by atoms with Crippen LogP contribution in [0.1, 0.15) is 33.9 Å². The lowest BCUT2D eigenvalue weighted by Gasteiger charge is -2.19. The monoisotopic (exact) mass is 272 g/mol. The number of rotatable bonds is 4. The molecule has 1 unspecified atom stereocenters. The molecule has 0 aliphatic rings. The van der Waals surface area contributed by atoms with Gasteiger partial charge in [-0.05, 0) is 43.9 Å². The van der Waals surface area contributed by atoms with Crippen LogP contribution in [-0.2, 0) is 6.42 Å². The lowest BCUT2D eigenvalue weighted by molar-refractivity contribution is 0.507. The molecule has 2 nitrogen and oxygen atoms in total. The first kappa shape index (κ1) is 14.7. The van der Waals surface area contributed by atoms with E-state index in [1.807, 2.05) is 6.07 Å². The van der Waals surface area contributed by atoms with Gasteiger partial charge in [0.2, 0.25) is 0 Å². The molecule has 0 heterocycles. The second kappa shape index (κ2) is 6.16. The number of hydrogen-bond acceptors (Lipinski definition) is 2. The Kier molecular flexibility index (Phi) is 4.53. The number of nitrogens with two attached hydrogens (primary N) is 1. The average Bonchev–Trinajstić information content (AvgIpc) is 2.43. The summed E-state index contributed by atoms with van der Waals surface area (Å²) in [5, 5.41) is 0. The first-order valence-electron chi connectivity index (χ1n) is 6.80. The summed E-state index contributed by atoms with van der Waals surface area (Å²) in [5.74, 6) is 5.46. The van der Waals surface area contributed by atoms with E-state index in [2.05, 4.69) is 37.5 Å². The van der Waals surface area contributed by atoms with Crippen LogP contribution < -0.4 is 11.3 Å². The van der Waals surface area contributed by atoms with Crippen molar-refractivity contribution in [2.75, 3.05) is 0 Å². The van der Waals surface area contributed by atoms with E-state index in [0.29, 0.717) is 17.5 Å². The molecule has 0 fully saturated rings. The summed E-state index contributed by atoms with van der Waals surface area (Å²) in [5.41, 5.74) is 7.59. The Bertz CT molecular complexity index is 608. The zero-order valence-corrected chi connectivity index (χ0v) is 12.2. The van der Waals surface area contributed by atoms with Gasteiger partial charge in [-0.1, -0.05) is 42.0 Å². The zero-order chi connectivity index (χ0) is 14.7. The second-order valence-electron chi connectivity index (χ2n) is 5.33. The van der Waals surface area contributed by atoms with E-state index in [1.54, 1.807) is 19.1 Å². The molecular weight excluding hydrogens is 251 g/mol. The van der Waals surface area contributed by atoms with Crippen LogP contribution in [0.25, 0.3) is 0 Å². The van der Waals surface area contributed by atoms with Crippen molar-refractivity contribution in [1.82, 2.24) is 5.43 Å². The van der Waals surface area contributed by atoms with E-state index in [1.165, 1.54) is 16.7 Å². The van der Waals surface area contributed by atoms with Crippen LogP contribution in [0.4, 0.5) is 4.39 Å². The SMILES string of the molecule is Cc1ccc(C)c(CC(NN)c2cccc(C)c2F)c1. The minimum atomic E-state index is -0.226. The molecule has 20 heavy (non-hydrogen) atoms. The maximum atomic E-state index is 14.2. The summed E-state index contributed by atoms with van der Waals surface area (Å²) < 4.78 is 14.2. The molecule has 2 rings (SSSR count). The fourth-order valence-corrected chi connectivity index (χ4v) is 2.44. The van der Waals surface area contributed by atoms with Crippen LogP contribution in [-0.4, -0.2) is 0 Å². The lowest BCUT2D eigenvalue weighted by atomic mass is 9.94. The quantitative estimate of drug-likeness (QED) is 0.660. The van der Waals surface area contributed by atoms with Gasteiger partial charge in [0, 0.05) is 5.56 Å². The summed E-state index contributed by atoms with van der Waals surface area (Å²) in [6.07, 6.45) is 0.671. The molecular formula is C17H21FN2. The molecule has 0 spiro atoms. The predicted molar refractivity (Wildman–Crippen MR) is 80.8 cm³/mol. The highest BCUT2D eigenvalue weighted by Crippen LogP contribution is 2.24. The number of aryl methyl sites for hydroxylation is 3. The molecule has 0 bridgehead atoms. The summed E-state index contributed by atoms with van der Waals surface area (Å²) in [4.78, 5) is 0. The van der Waals surface area contributed by atoms with Crippen molar-refractivity contribution < 1.29 is 4.39 Å². The lowest BCUT2D eigenvalue weighted by Crippen LogP contribution is -2.30. The highest BCUT2D eigenvalue weighted by atomic mass is 19.1. The number of halogens is 1. The van der Waals surface area contributed by atoms with Crippen molar-refractivity contribution in [3.63, 3.8) is 0 Å². The second-order valence-corrected chi connectivity index (χ2v) is 5.33.